The highest BCUT2D eigenvalue weighted by atomic mass is 31.1. The molecule has 0 aliphatic rings. The van der Waals surface area contributed by atoms with E-state index in [9.17, 15) is 13.7 Å². The Balaban J connectivity index is -0.0000000655. The standard InChI is InChI=1S/3CH5O3P.H3P/c3*1-4-5(2)3;/h3*5H,1H3,(H,2,3);1H3. The minimum atomic E-state index is -2.62. The van der Waals surface area contributed by atoms with Crippen LogP contribution in [-0.2, 0) is 27.3 Å². The van der Waals surface area contributed by atoms with E-state index in [4.69, 9.17) is 14.7 Å². The quantitative estimate of drug-likeness (QED) is 0.617. The van der Waals surface area contributed by atoms with Gasteiger partial charge in [-0.25, -0.2) is 0 Å². The summed E-state index contributed by atoms with van der Waals surface area (Å²) >= 11 is 0. The van der Waals surface area contributed by atoms with Gasteiger partial charge in [-0.05, 0) is 0 Å². The molecule has 0 bridgehead atoms. The lowest BCUT2D eigenvalue weighted by Gasteiger charge is -1.78. The molecule has 16 heavy (non-hydrogen) atoms. The molecule has 4 unspecified atom stereocenters. The zero-order chi connectivity index (χ0) is 12.9. The first-order valence-corrected chi connectivity index (χ1v) is 6.91. The third-order valence-corrected chi connectivity index (χ3v) is 1.57. The van der Waals surface area contributed by atoms with Crippen LogP contribution in [0.25, 0.3) is 0 Å². The van der Waals surface area contributed by atoms with Crippen molar-refractivity contribution in [3.8, 4) is 0 Å². The highest BCUT2D eigenvalue weighted by Crippen LogP contribution is 2.10. The van der Waals surface area contributed by atoms with Crippen LogP contribution in [0, 0.1) is 0 Å². The molecule has 0 rings (SSSR count). The number of hydrogen-bond acceptors (Lipinski definition) is 6. The van der Waals surface area contributed by atoms with E-state index < -0.39 is 24.8 Å². The Morgan fingerprint density at radius 3 is 0.750 bits per heavy atom. The summed E-state index contributed by atoms with van der Waals surface area (Å²) in [6.07, 6.45) is 0. The van der Waals surface area contributed by atoms with Crippen LogP contribution in [-0.4, -0.2) is 36.0 Å². The van der Waals surface area contributed by atoms with Crippen molar-refractivity contribution in [1.29, 1.82) is 0 Å². The predicted octanol–water partition coefficient (Wildman–Crippen LogP) is 0.102. The second-order valence-corrected chi connectivity index (χ2v) is 4.23. The molecule has 104 valence electrons. The molecular weight excluding hydrogens is 304 g/mol. The zero-order valence-electron chi connectivity index (χ0n) is 9.00. The summed E-state index contributed by atoms with van der Waals surface area (Å²) in [6.45, 7) is 0. The Bertz CT molecular complexity index is 162. The molecule has 0 aliphatic heterocycles. The van der Waals surface area contributed by atoms with E-state index in [1.165, 1.54) is 21.3 Å². The monoisotopic (exact) mass is 322 g/mol. The Morgan fingerprint density at radius 1 is 0.688 bits per heavy atom. The average molecular weight is 322 g/mol. The van der Waals surface area contributed by atoms with E-state index in [0.717, 1.165) is 0 Å². The Kier molecular flexibility index (Phi) is 34.0. The normalized spacial score (nSPS) is 13.9. The molecule has 0 fully saturated rings. The summed E-state index contributed by atoms with van der Waals surface area (Å²) in [5.74, 6) is 0. The van der Waals surface area contributed by atoms with Crippen molar-refractivity contribution in [2.24, 2.45) is 0 Å². The van der Waals surface area contributed by atoms with Gasteiger partial charge in [0.25, 0.3) is 0 Å². The van der Waals surface area contributed by atoms with Crippen LogP contribution in [0.15, 0.2) is 0 Å². The molecule has 3 N–H and O–H groups in total. The van der Waals surface area contributed by atoms with E-state index in [0.29, 0.717) is 0 Å². The maximum atomic E-state index is 9.33. The fourth-order valence-electron chi connectivity index (χ4n) is 0. The SMILES string of the molecule is CO[PH](=O)O.CO[PH](=O)O.CO[PH](=O)O.P. The lowest BCUT2D eigenvalue weighted by molar-refractivity contribution is 0.342. The van der Waals surface area contributed by atoms with E-state index >= 15 is 0 Å². The maximum absolute atomic E-state index is 9.33. The van der Waals surface area contributed by atoms with E-state index in [-0.39, 0.29) is 9.90 Å². The van der Waals surface area contributed by atoms with Crippen LogP contribution in [0.2, 0.25) is 0 Å². The minimum absolute atomic E-state index is 0. The first-order chi connectivity index (χ1) is 6.81. The van der Waals surface area contributed by atoms with Crippen molar-refractivity contribution in [3.63, 3.8) is 0 Å². The Labute approximate surface area is 98.6 Å². The molecule has 0 aromatic carbocycles. The van der Waals surface area contributed by atoms with Crippen LogP contribution in [0.3, 0.4) is 0 Å². The fraction of sp³-hybridized carbons (Fsp3) is 1.00. The molecule has 0 aromatic heterocycles. The molecule has 0 amide bonds. The van der Waals surface area contributed by atoms with E-state index in [1.807, 2.05) is 0 Å². The van der Waals surface area contributed by atoms with Gasteiger partial charge in [-0.3, -0.25) is 13.7 Å². The molecule has 0 heterocycles. The summed E-state index contributed by atoms with van der Waals surface area (Å²) < 4.78 is 39.5. The summed E-state index contributed by atoms with van der Waals surface area (Å²) in [4.78, 5) is 23.1. The van der Waals surface area contributed by atoms with Gasteiger partial charge in [0.15, 0.2) is 0 Å². The lowest BCUT2D eigenvalue weighted by atomic mass is 11.8. The molecule has 0 aromatic rings. The maximum Gasteiger partial charge on any atom is 0.316 e. The minimum Gasteiger partial charge on any atom is -0.326 e. The van der Waals surface area contributed by atoms with Gasteiger partial charge in [-0.2, -0.15) is 9.90 Å². The molecular formula is C3H18O9P4. The van der Waals surface area contributed by atoms with Gasteiger partial charge in [0.2, 0.25) is 0 Å². The fourth-order valence-corrected chi connectivity index (χ4v) is 0. The van der Waals surface area contributed by atoms with Gasteiger partial charge >= 0.3 is 24.8 Å². The van der Waals surface area contributed by atoms with Gasteiger partial charge in [0.05, 0.1) is 0 Å². The van der Waals surface area contributed by atoms with Crippen LogP contribution in [0.4, 0.5) is 0 Å². The van der Waals surface area contributed by atoms with Crippen molar-refractivity contribution >= 4 is 34.7 Å². The molecule has 0 radical (unpaired) electrons. The highest BCUT2D eigenvalue weighted by molar-refractivity contribution is 7.32. The topological polar surface area (TPSA) is 140 Å². The molecule has 0 spiro atoms. The summed E-state index contributed by atoms with van der Waals surface area (Å²) in [5.41, 5.74) is 0. The van der Waals surface area contributed by atoms with Crippen LogP contribution < -0.4 is 0 Å². The first-order valence-electron chi connectivity index (χ1n) is 3.12. The second-order valence-electron chi connectivity index (χ2n) is 1.41. The van der Waals surface area contributed by atoms with Crippen molar-refractivity contribution < 1.29 is 41.9 Å². The van der Waals surface area contributed by atoms with Crippen molar-refractivity contribution in [1.82, 2.24) is 0 Å². The summed E-state index contributed by atoms with van der Waals surface area (Å²) in [5, 5.41) is 0. The van der Waals surface area contributed by atoms with Gasteiger partial charge in [0, 0.05) is 21.3 Å². The lowest BCUT2D eigenvalue weighted by Crippen LogP contribution is -1.57. The average Bonchev–Trinajstić information content (AvgIpc) is 2.19. The smallest absolute Gasteiger partial charge is 0.316 e. The molecule has 13 heteroatoms. The molecule has 0 saturated heterocycles. The van der Waals surface area contributed by atoms with Crippen molar-refractivity contribution in [3.05, 3.63) is 0 Å². The third kappa shape index (κ3) is 60.6. The number of rotatable bonds is 3. The second kappa shape index (κ2) is 21.2. The van der Waals surface area contributed by atoms with Crippen LogP contribution >= 0.6 is 34.7 Å². The first kappa shape index (κ1) is 25.7. The van der Waals surface area contributed by atoms with Gasteiger partial charge in [-0.1, -0.05) is 0 Å². The number of hydrogen-bond donors (Lipinski definition) is 3. The Morgan fingerprint density at radius 2 is 0.750 bits per heavy atom. The molecule has 0 saturated carbocycles. The van der Waals surface area contributed by atoms with E-state index in [1.54, 1.807) is 0 Å². The summed E-state index contributed by atoms with van der Waals surface area (Å²) in [7, 11) is -4.33. The molecule has 0 aliphatic carbocycles. The highest BCUT2D eigenvalue weighted by Gasteiger charge is 1.75. The summed E-state index contributed by atoms with van der Waals surface area (Å²) in [6, 6.07) is 0. The van der Waals surface area contributed by atoms with Gasteiger partial charge in [0.1, 0.15) is 0 Å². The predicted molar refractivity (Wildman–Crippen MR) is 65.8 cm³/mol. The van der Waals surface area contributed by atoms with Crippen molar-refractivity contribution in [2.45, 2.75) is 0 Å². The Hall–Kier alpha value is 0.880. The van der Waals surface area contributed by atoms with Crippen molar-refractivity contribution in [2.75, 3.05) is 21.3 Å². The van der Waals surface area contributed by atoms with Gasteiger partial charge < -0.3 is 28.3 Å². The zero-order valence-corrected chi connectivity index (χ0v) is 13.4. The van der Waals surface area contributed by atoms with Crippen LogP contribution in [0.1, 0.15) is 0 Å². The molecule has 9 nitrogen and oxygen atoms in total. The largest absolute Gasteiger partial charge is 0.326 e. The van der Waals surface area contributed by atoms with Crippen LogP contribution in [0.5, 0.6) is 0 Å². The van der Waals surface area contributed by atoms with Gasteiger partial charge in [-0.15, -0.1) is 0 Å². The molecule has 4 atom stereocenters. The van der Waals surface area contributed by atoms with E-state index in [2.05, 4.69) is 13.6 Å². The third-order valence-electron chi connectivity index (χ3n) is 0.524.